The number of phenols is 1. The van der Waals surface area contributed by atoms with Gasteiger partial charge in [0.1, 0.15) is 41.8 Å². The highest BCUT2D eigenvalue weighted by molar-refractivity contribution is 6.03. The Labute approximate surface area is 300 Å². The number of anilines is 1. The minimum absolute atomic E-state index is 0.0194. The van der Waals surface area contributed by atoms with Crippen molar-refractivity contribution < 1.29 is 33.3 Å². The van der Waals surface area contributed by atoms with Crippen LogP contribution in [0.5, 0.6) is 11.8 Å². The molecular formula is C39H42F2N6O5. The third-order valence-electron chi connectivity index (χ3n) is 11.7. The number of piperidine rings is 1. The Hall–Kier alpha value is -4.80. The second kappa shape index (κ2) is 13.0. The Morgan fingerprint density at radius 1 is 1.13 bits per heavy atom. The minimum atomic E-state index is -0.778. The van der Waals surface area contributed by atoms with Gasteiger partial charge in [-0.25, -0.2) is 13.6 Å². The Morgan fingerprint density at radius 2 is 1.94 bits per heavy atom. The molecule has 1 saturated carbocycles. The maximum Gasteiger partial charge on any atom is 0.409 e. The molecule has 11 nitrogen and oxygen atoms in total. The average molecular weight is 713 g/mol. The average Bonchev–Trinajstić information content (AvgIpc) is 3.68. The van der Waals surface area contributed by atoms with E-state index in [4.69, 9.17) is 20.9 Å². The third-order valence-corrected chi connectivity index (χ3v) is 11.7. The molecule has 1 spiro atoms. The van der Waals surface area contributed by atoms with Crippen molar-refractivity contribution >= 4 is 33.6 Å². The first-order valence-electron chi connectivity index (χ1n) is 17.9. The van der Waals surface area contributed by atoms with E-state index >= 15 is 4.39 Å². The van der Waals surface area contributed by atoms with E-state index in [1.165, 1.54) is 35.4 Å². The molecule has 2 aromatic carbocycles. The number of nitrogens with zero attached hydrogens (tertiary/aromatic N) is 6. The number of phenolic OH excluding ortho intramolecular Hbond substituents is 1. The van der Waals surface area contributed by atoms with Crippen molar-refractivity contribution in [1.82, 2.24) is 24.8 Å². The highest BCUT2D eigenvalue weighted by atomic mass is 19.1. The van der Waals surface area contributed by atoms with Gasteiger partial charge in [0.25, 0.3) is 0 Å². The highest BCUT2D eigenvalue weighted by Crippen LogP contribution is 2.49. The Morgan fingerprint density at radius 3 is 2.71 bits per heavy atom. The number of terminal acetylenes is 1. The number of hydrogen-bond donors (Lipinski definition) is 2. The van der Waals surface area contributed by atoms with Gasteiger partial charge in [-0.2, -0.15) is 9.97 Å². The summed E-state index contributed by atoms with van der Waals surface area (Å²) in [5, 5.41) is 21.9. The Kier molecular flexibility index (Phi) is 8.58. The lowest BCUT2D eigenvalue weighted by Gasteiger charge is -2.51. The maximum atomic E-state index is 17.0. The number of carbonyl (C=O) groups is 1. The molecule has 2 N–H and O–H groups in total. The number of pyridine rings is 1. The van der Waals surface area contributed by atoms with Gasteiger partial charge in [-0.15, -0.1) is 6.42 Å². The highest BCUT2D eigenvalue weighted by Gasteiger charge is 2.50. The normalized spacial score (nSPS) is 25.7. The summed E-state index contributed by atoms with van der Waals surface area (Å²) in [6.45, 7) is 2.73. The van der Waals surface area contributed by atoms with Gasteiger partial charge in [0, 0.05) is 50.4 Å². The number of amides is 1. The predicted molar refractivity (Wildman–Crippen MR) is 191 cm³/mol. The van der Waals surface area contributed by atoms with Gasteiger partial charge in [0.05, 0.1) is 22.6 Å². The molecule has 5 heterocycles. The van der Waals surface area contributed by atoms with Crippen molar-refractivity contribution in [3.63, 3.8) is 0 Å². The molecule has 52 heavy (non-hydrogen) atoms. The van der Waals surface area contributed by atoms with Crippen LogP contribution in [-0.2, 0) is 4.74 Å². The monoisotopic (exact) mass is 712 g/mol. The zero-order valence-corrected chi connectivity index (χ0v) is 29.4. The Bertz CT molecular complexity index is 2110. The van der Waals surface area contributed by atoms with Crippen molar-refractivity contribution in [1.29, 1.82) is 0 Å². The summed E-state index contributed by atoms with van der Waals surface area (Å²) in [5.74, 6) is 1.30. The van der Waals surface area contributed by atoms with Gasteiger partial charge in [-0.05, 0) is 86.9 Å². The smallest absolute Gasteiger partial charge is 0.409 e. The van der Waals surface area contributed by atoms with Crippen LogP contribution in [0, 0.1) is 29.4 Å². The second-order valence-electron chi connectivity index (χ2n) is 15.2. The van der Waals surface area contributed by atoms with E-state index in [1.54, 1.807) is 14.1 Å². The van der Waals surface area contributed by atoms with Gasteiger partial charge in [0.2, 0.25) is 0 Å². The molecule has 4 fully saturated rings. The number of aromatic nitrogens is 3. The molecule has 2 aromatic heterocycles. The molecule has 3 aliphatic heterocycles. The van der Waals surface area contributed by atoms with Crippen molar-refractivity contribution in [3.8, 4) is 35.4 Å². The van der Waals surface area contributed by atoms with Crippen LogP contribution in [0.4, 0.5) is 19.4 Å². The summed E-state index contributed by atoms with van der Waals surface area (Å²) in [6.07, 6.45) is 13.4. The predicted octanol–water partition coefficient (Wildman–Crippen LogP) is 5.63. The molecule has 1 aliphatic carbocycles. The minimum Gasteiger partial charge on any atom is -0.508 e. The van der Waals surface area contributed by atoms with Crippen LogP contribution in [-0.4, -0.2) is 106 Å². The van der Waals surface area contributed by atoms with E-state index in [-0.39, 0.29) is 81.9 Å². The SMILES string of the molecule is C#Cc1c(F)ccc2cc(O)cc(-c3ncc4c(N5CCCC6(CC(O)C6)C5)nc(OC[C@]56CCCN5[C@H](COC(=O)N(C)C)CC6)nc4c3F)c12. The lowest BCUT2D eigenvalue weighted by molar-refractivity contribution is -0.0396. The fourth-order valence-electron chi connectivity index (χ4n) is 9.21. The third kappa shape index (κ3) is 5.82. The first kappa shape index (κ1) is 34.3. The summed E-state index contributed by atoms with van der Waals surface area (Å²) in [4.78, 5) is 32.1. The molecule has 3 saturated heterocycles. The number of aliphatic hydroxyl groups is 1. The molecule has 0 radical (unpaired) electrons. The fourth-order valence-corrected chi connectivity index (χ4v) is 9.21. The van der Waals surface area contributed by atoms with Crippen molar-refractivity contribution in [3.05, 3.63) is 47.7 Å². The topological polar surface area (TPSA) is 124 Å². The number of aromatic hydroxyl groups is 1. The zero-order chi connectivity index (χ0) is 36.4. The lowest BCUT2D eigenvalue weighted by Crippen LogP contribution is -2.52. The van der Waals surface area contributed by atoms with Crippen LogP contribution in [0.2, 0.25) is 0 Å². The van der Waals surface area contributed by atoms with Gasteiger partial charge >= 0.3 is 12.1 Å². The molecular weight excluding hydrogens is 670 g/mol. The largest absolute Gasteiger partial charge is 0.508 e. The maximum absolute atomic E-state index is 17.0. The number of halogens is 2. The molecule has 8 rings (SSSR count). The van der Waals surface area contributed by atoms with E-state index in [9.17, 15) is 19.4 Å². The van der Waals surface area contributed by atoms with Crippen LogP contribution < -0.4 is 9.64 Å². The zero-order valence-electron chi connectivity index (χ0n) is 29.4. The molecule has 272 valence electrons. The number of ether oxygens (including phenoxy) is 2. The fraction of sp³-hybridized carbons (Fsp3) is 0.487. The molecule has 4 aliphatic rings. The number of benzene rings is 2. The van der Waals surface area contributed by atoms with Gasteiger partial charge < -0.3 is 29.5 Å². The summed E-state index contributed by atoms with van der Waals surface area (Å²) < 4.78 is 44.0. The number of aliphatic hydroxyl groups excluding tert-OH is 1. The standard InChI is InChI=1S/C39H42F2N6O5/c1-4-27-30(40)8-7-23-15-25(48)16-28(31(23)27)33-32(41)34-29(19-42-33)35(46-13-5-10-38(21-46)17-26(49)18-38)44-36(43-34)52-22-39-11-6-14-47(39)24(9-12-39)20-51-37(50)45(2)3/h1,7-8,15-16,19,24,26,48-49H,5-6,9-14,17-18,20-22H2,2-3H3/t24-,26?,38?,39+/m0/s1. The summed E-state index contributed by atoms with van der Waals surface area (Å²) in [6, 6.07) is 5.55. The number of carbonyl (C=O) groups excluding carboxylic acids is 1. The lowest BCUT2D eigenvalue weighted by atomic mass is 9.62. The molecule has 0 bridgehead atoms. The molecule has 4 aromatic rings. The van der Waals surface area contributed by atoms with Crippen molar-refractivity contribution in [2.24, 2.45) is 5.41 Å². The van der Waals surface area contributed by atoms with E-state index in [0.29, 0.717) is 42.5 Å². The van der Waals surface area contributed by atoms with Crippen LogP contribution in [0.25, 0.3) is 32.9 Å². The molecule has 1 amide bonds. The summed E-state index contributed by atoms with van der Waals surface area (Å²) in [5.41, 5.74) is -0.435. The van der Waals surface area contributed by atoms with E-state index in [1.807, 2.05) is 0 Å². The van der Waals surface area contributed by atoms with E-state index in [0.717, 1.165) is 45.1 Å². The molecule has 2 atom stereocenters. The Balaban J connectivity index is 1.19. The molecule has 13 heteroatoms. The summed E-state index contributed by atoms with van der Waals surface area (Å²) >= 11 is 0. The van der Waals surface area contributed by atoms with Crippen molar-refractivity contribution in [2.75, 3.05) is 51.8 Å². The van der Waals surface area contributed by atoms with Gasteiger partial charge in [-0.1, -0.05) is 12.0 Å². The van der Waals surface area contributed by atoms with Crippen LogP contribution in [0.15, 0.2) is 30.5 Å². The van der Waals surface area contributed by atoms with E-state index < -0.39 is 11.6 Å². The van der Waals surface area contributed by atoms with E-state index in [2.05, 4.69) is 25.7 Å². The number of hydrogen-bond acceptors (Lipinski definition) is 10. The first-order valence-corrected chi connectivity index (χ1v) is 17.9. The number of fused-ring (bicyclic) bond motifs is 3. The summed E-state index contributed by atoms with van der Waals surface area (Å²) in [7, 11) is 3.31. The quantitative estimate of drug-likeness (QED) is 0.233. The van der Waals surface area contributed by atoms with Crippen LogP contribution >= 0.6 is 0 Å². The first-order chi connectivity index (χ1) is 25.0. The van der Waals surface area contributed by atoms with Crippen LogP contribution in [0.3, 0.4) is 0 Å². The molecule has 0 unspecified atom stereocenters. The van der Waals surface area contributed by atoms with Crippen LogP contribution in [0.1, 0.15) is 56.9 Å². The second-order valence-corrected chi connectivity index (χ2v) is 15.2. The van der Waals surface area contributed by atoms with Gasteiger partial charge in [0.15, 0.2) is 5.82 Å². The number of rotatable bonds is 7. The van der Waals surface area contributed by atoms with Crippen molar-refractivity contribution in [2.45, 2.75) is 69.1 Å². The van der Waals surface area contributed by atoms with Gasteiger partial charge in [-0.3, -0.25) is 9.88 Å².